The normalized spacial score (nSPS) is 18.8. The fourth-order valence-corrected chi connectivity index (χ4v) is 2.64. The lowest BCUT2D eigenvalue weighted by Crippen LogP contribution is -2.23. The fraction of sp³-hybridized carbons (Fsp3) is 0.267. The maximum atomic E-state index is 5.27. The molecular formula is C15H15NS. The van der Waals surface area contributed by atoms with Crippen LogP contribution in [-0.2, 0) is 13.0 Å². The van der Waals surface area contributed by atoms with Crippen molar-refractivity contribution >= 4 is 22.7 Å². The van der Waals surface area contributed by atoms with E-state index in [4.69, 9.17) is 12.2 Å². The highest BCUT2D eigenvalue weighted by atomic mass is 32.1. The van der Waals surface area contributed by atoms with E-state index < -0.39 is 0 Å². The summed E-state index contributed by atoms with van der Waals surface area (Å²) >= 11 is 5.27. The second kappa shape index (κ2) is 4.55. The van der Waals surface area contributed by atoms with E-state index in [1.54, 1.807) is 0 Å². The van der Waals surface area contributed by atoms with Crippen molar-refractivity contribution in [3.8, 4) is 0 Å². The topological polar surface area (TPSA) is 12.0 Å². The molecule has 3 rings (SSSR count). The maximum absolute atomic E-state index is 5.27. The van der Waals surface area contributed by atoms with Gasteiger partial charge < -0.3 is 5.32 Å². The van der Waals surface area contributed by atoms with Gasteiger partial charge in [0.1, 0.15) is 0 Å². The first kappa shape index (κ1) is 10.9. The van der Waals surface area contributed by atoms with Crippen LogP contribution in [0.2, 0.25) is 0 Å². The lowest BCUT2D eigenvalue weighted by Gasteiger charge is -2.18. The predicted molar refractivity (Wildman–Crippen MR) is 76.2 cm³/mol. The van der Waals surface area contributed by atoms with E-state index in [9.17, 15) is 0 Å². The third kappa shape index (κ3) is 2.24. The Balaban J connectivity index is 1.99. The molecule has 1 aliphatic heterocycles. The van der Waals surface area contributed by atoms with Crippen LogP contribution in [0.3, 0.4) is 0 Å². The minimum atomic E-state index is 0.910. The quantitative estimate of drug-likeness (QED) is 0.758. The zero-order chi connectivity index (χ0) is 11.7. The summed E-state index contributed by atoms with van der Waals surface area (Å²) in [7, 11) is 0. The van der Waals surface area contributed by atoms with Crippen molar-refractivity contribution in [3.05, 3.63) is 53.1 Å². The van der Waals surface area contributed by atoms with Gasteiger partial charge in [-0.1, -0.05) is 42.6 Å². The Labute approximate surface area is 107 Å². The van der Waals surface area contributed by atoms with Gasteiger partial charge in [0, 0.05) is 17.8 Å². The first-order valence-corrected chi connectivity index (χ1v) is 6.48. The summed E-state index contributed by atoms with van der Waals surface area (Å²) in [5.41, 5.74) is 5.46. The van der Waals surface area contributed by atoms with E-state index in [0.29, 0.717) is 0 Å². The Morgan fingerprint density at radius 2 is 2.12 bits per heavy atom. The summed E-state index contributed by atoms with van der Waals surface area (Å²) in [4.78, 5) is 1.03. The summed E-state index contributed by atoms with van der Waals surface area (Å²) in [6, 6.07) is 6.76. The van der Waals surface area contributed by atoms with Gasteiger partial charge in [0.15, 0.2) is 0 Å². The minimum Gasteiger partial charge on any atom is -0.312 e. The number of rotatable bonds is 1. The Morgan fingerprint density at radius 1 is 1.18 bits per heavy atom. The van der Waals surface area contributed by atoms with E-state index in [0.717, 1.165) is 30.8 Å². The average Bonchev–Trinajstić information content (AvgIpc) is 2.38. The molecule has 0 bridgehead atoms. The molecule has 0 fully saturated rings. The SMILES string of the molecule is S=C1C=C(c2ccc3c(c2)CCNC3)C=CC1. The van der Waals surface area contributed by atoms with Gasteiger partial charge in [0.25, 0.3) is 0 Å². The van der Waals surface area contributed by atoms with E-state index in [1.165, 1.54) is 22.3 Å². The standard InChI is InChI=1S/C15H15NS/c17-15-3-1-2-11(9-15)12-4-5-14-10-16-7-6-13(14)8-12/h1-2,4-5,8-9,16H,3,6-7,10H2. The van der Waals surface area contributed by atoms with Crippen LogP contribution < -0.4 is 5.32 Å². The number of allylic oxidation sites excluding steroid dienone is 4. The molecule has 1 N–H and O–H groups in total. The second-order valence-electron chi connectivity index (χ2n) is 4.58. The molecular weight excluding hydrogens is 226 g/mol. The van der Waals surface area contributed by atoms with Crippen molar-refractivity contribution in [3.63, 3.8) is 0 Å². The van der Waals surface area contributed by atoms with Crippen molar-refractivity contribution < 1.29 is 0 Å². The number of thiocarbonyl (C=S) groups is 1. The molecule has 0 saturated carbocycles. The Bertz CT molecular complexity index is 526. The van der Waals surface area contributed by atoms with E-state index in [-0.39, 0.29) is 0 Å². The van der Waals surface area contributed by atoms with E-state index in [1.807, 2.05) is 0 Å². The van der Waals surface area contributed by atoms with Gasteiger partial charge in [0.05, 0.1) is 0 Å². The van der Waals surface area contributed by atoms with Crippen LogP contribution in [0.5, 0.6) is 0 Å². The number of benzene rings is 1. The molecule has 0 aromatic heterocycles. The molecule has 2 heteroatoms. The van der Waals surface area contributed by atoms with Gasteiger partial charge in [-0.3, -0.25) is 0 Å². The van der Waals surface area contributed by atoms with Gasteiger partial charge in [-0.25, -0.2) is 0 Å². The van der Waals surface area contributed by atoms with Crippen molar-refractivity contribution in [2.75, 3.05) is 6.54 Å². The Kier molecular flexibility index (Phi) is 2.91. The van der Waals surface area contributed by atoms with Gasteiger partial charge in [-0.15, -0.1) is 0 Å². The van der Waals surface area contributed by atoms with Crippen LogP contribution in [0.4, 0.5) is 0 Å². The maximum Gasteiger partial charge on any atom is 0.0208 e. The zero-order valence-corrected chi connectivity index (χ0v) is 10.5. The number of hydrogen-bond acceptors (Lipinski definition) is 2. The van der Waals surface area contributed by atoms with E-state index >= 15 is 0 Å². The molecule has 0 spiro atoms. The van der Waals surface area contributed by atoms with Crippen molar-refractivity contribution in [1.82, 2.24) is 5.32 Å². The average molecular weight is 241 g/mol. The third-order valence-electron chi connectivity index (χ3n) is 3.36. The lowest BCUT2D eigenvalue weighted by atomic mass is 9.93. The molecule has 0 unspecified atom stereocenters. The smallest absolute Gasteiger partial charge is 0.0208 e. The summed E-state index contributed by atoms with van der Waals surface area (Å²) in [5.74, 6) is 0. The summed E-state index contributed by atoms with van der Waals surface area (Å²) in [6.45, 7) is 2.09. The number of fused-ring (bicyclic) bond motifs is 1. The highest BCUT2D eigenvalue weighted by molar-refractivity contribution is 7.80. The summed E-state index contributed by atoms with van der Waals surface area (Å²) in [5, 5.41) is 3.40. The summed E-state index contributed by atoms with van der Waals surface area (Å²) in [6.07, 6.45) is 8.49. The third-order valence-corrected chi connectivity index (χ3v) is 3.64. The van der Waals surface area contributed by atoms with Crippen LogP contribution in [0.25, 0.3) is 5.57 Å². The van der Waals surface area contributed by atoms with Gasteiger partial charge >= 0.3 is 0 Å². The first-order valence-electron chi connectivity index (χ1n) is 6.07. The molecule has 0 amide bonds. The van der Waals surface area contributed by atoms with Crippen LogP contribution in [0.1, 0.15) is 23.1 Å². The molecule has 0 atom stereocenters. The lowest BCUT2D eigenvalue weighted by molar-refractivity contribution is 0.643. The van der Waals surface area contributed by atoms with Crippen LogP contribution >= 0.6 is 12.2 Å². The molecule has 1 aliphatic carbocycles. The first-order chi connectivity index (χ1) is 8.33. The highest BCUT2D eigenvalue weighted by Crippen LogP contribution is 2.24. The second-order valence-corrected chi connectivity index (χ2v) is 5.11. The molecule has 1 heterocycles. The van der Waals surface area contributed by atoms with Crippen molar-refractivity contribution in [1.29, 1.82) is 0 Å². The molecule has 1 nitrogen and oxygen atoms in total. The van der Waals surface area contributed by atoms with Crippen molar-refractivity contribution in [2.24, 2.45) is 0 Å². The molecule has 0 radical (unpaired) electrons. The highest BCUT2D eigenvalue weighted by Gasteiger charge is 2.11. The van der Waals surface area contributed by atoms with Gasteiger partial charge in [-0.2, -0.15) is 0 Å². The molecule has 2 aliphatic rings. The van der Waals surface area contributed by atoms with Crippen molar-refractivity contribution in [2.45, 2.75) is 19.4 Å². The molecule has 17 heavy (non-hydrogen) atoms. The van der Waals surface area contributed by atoms with Crippen LogP contribution in [0.15, 0.2) is 36.4 Å². The number of nitrogens with one attached hydrogen (secondary N) is 1. The molecule has 1 aromatic rings. The van der Waals surface area contributed by atoms with Gasteiger partial charge in [-0.05, 0) is 41.3 Å². The largest absolute Gasteiger partial charge is 0.312 e. The minimum absolute atomic E-state index is 0.910. The fourth-order valence-electron chi connectivity index (χ4n) is 2.42. The summed E-state index contributed by atoms with van der Waals surface area (Å²) < 4.78 is 0. The molecule has 86 valence electrons. The Hall–Kier alpha value is -1.25. The van der Waals surface area contributed by atoms with Gasteiger partial charge in [0.2, 0.25) is 0 Å². The molecule has 1 aromatic carbocycles. The molecule has 0 saturated heterocycles. The van der Waals surface area contributed by atoms with Crippen LogP contribution in [0, 0.1) is 0 Å². The van der Waals surface area contributed by atoms with Crippen LogP contribution in [-0.4, -0.2) is 11.4 Å². The van der Waals surface area contributed by atoms with E-state index in [2.05, 4.69) is 41.7 Å². The Morgan fingerprint density at radius 3 is 3.00 bits per heavy atom. The predicted octanol–water partition coefficient (Wildman–Crippen LogP) is 3.05. The monoisotopic (exact) mass is 241 g/mol. The zero-order valence-electron chi connectivity index (χ0n) is 9.70. The number of hydrogen-bond donors (Lipinski definition) is 1.